The van der Waals surface area contributed by atoms with E-state index in [9.17, 15) is 0 Å². The van der Waals surface area contributed by atoms with E-state index in [1.165, 1.54) is 0 Å². The summed E-state index contributed by atoms with van der Waals surface area (Å²) in [5.41, 5.74) is 4.53. The third kappa shape index (κ3) is 3.64. The molecule has 2 atom stereocenters. The predicted molar refractivity (Wildman–Crippen MR) is 114 cm³/mol. The number of epoxide rings is 2. The minimum atomic E-state index is -0.223. The second-order valence-electron chi connectivity index (χ2n) is 7.84. The lowest BCUT2D eigenvalue weighted by molar-refractivity contribution is 0.263. The van der Waals surface area contributed by atoms with Crippen LogP contribution in [-0.2, 0) is 9.47 Å². The average Bonchev–Trinajstić information content (AvgIpc) is 3.71. The van der Waals surface area contributed by atoms with Crippen molar-refractivity contribution in [1.82, 2.24) is 0 Å². The Bertz CT molecular complexity index is 997. The van der Waals surface area contributed by atoms with Crippen molar-refractivity contribution in [3.05, 3.63) is 66.7 Å². The maximum absolute atomic E-state index is 6.45. The SMILES string of the molecule is c1ccc(OB2c3cc(OCC4CO4)ccc3-c3ccc(OCC4CO4)cc32)cc1. The van der Waals surface area contributed by atoms with Crippen LogP contribution in [0, 0.1) is 0 Å². The number of hydrogen-bond acceptors (Lipinski definition) is 5. The van der Waals surface area contributed by atoms with Crippen LogP contribution in [0.25, 0.3) is 11.1 Å². The van der Waals surface area contributed by atoms with Gasteiger partial charge in [-0.2, -0.15) is 0 Å². The molecular weight excluding hydrogens is 379 g/mol. The highest BCUT2D eigenvalue weighted by molar-refractivity contribution is 6.85. The fourth-order valence-electron chi connectivity index (χ4n) is 3.82. The molecule has 30 heavy (non-hydrogen) atoms. The molecule has 2 saturated heterocycles. The average molecular weight is 400 g/mol. The fourth-order valence-corrected chi connectivity index (χ4v) is 3.82. The van der Waals surface area contributed by atoms with E-state index in [1.807, 2.05) is 42.5 Å². The van der Waals surface area contributed by atoms with Crippen molar-refractivity contribution in [2.24, 2.45) is 0 Å². The molecule has 2 fully saturated rings. The molecule has 150 valence electrons. The lowest BCUT2D eigenvalue weighted by Gasteiger charge is -2.14. The highest BCUT2D eigenvalue weighted by Gasteiger charge is 2.37. The fraction of sp³-hybridized carbons (Fsp3) is 0.250. The quantitative estimate of drug-likeness (QED) is 0.430. The number of hydrogen-bond donors (Lipinski definition) is 0. The summed E-state index contributed by atoms with van der Waals surface area (Å²) >= 11 is 0. The van der Waals surface area contributed by atoms with E-state index in [4.69, 9.17) is 23.6 Å². The van der Waals surface area contributed by atoms with Gasteiger partial charge in [-0.3, -0.25) is 0 Å². The Morgan fingerprint density at radius 2 is 1.23 bits per heavy atom. The van der Waals surface area contributed by atoms with Crippen molar-refractivity contribution in [3.8, 4) is 28.4 Å². The van der Waals surface area contributed by atoms with Gasteiger partial charge in [0.15, 0.2) is 0 Å². The Balaban J connectivity index is 1.34. The van der Waals surface area contributed by atoms with Gasteiger partial charge in [0.1, 0.15) is 36.9 Å². The van der Waals surface area contributed by atoms with Crippen LogP contribution in [-0.4, -0.2) is 45.6 Å². The van der Waals surface area contributed by atoms with Crippen molar-refractivity contribution < 1.29 is 23.6 Å². The third-order valence-corrected chi connectivity index (χ3v) is 5.57. The summed E-state index contributed by atoms with van der Waals surface area (Å²) in [4.78, 5) is 0. The lowest BCUT2D eigenvalue weighted by Crippen LogP contribution is -2.44. The summed E-state index contributed by atoms with van der Waals surface area (Å²) in [7, 11) is 0. The first-order valence-electron chi connectivity index (χ1n) is 10.3. The molecule has 6 heteroatoms. The zero-order valence-electron chi connectivity index (χ0n) is 16.5. The molecule has 0 saturated carbocycles. The molecule has 3 heterocycles. The zero-order chi connectivity index (χ0) is 19.9. The summed E-state index contributed by atoms with van der Waals surface area (Å²) in [5, 5.41) is 0. The smallest absolute Gasteiger partial charge is 0.428 e. The Morgan fingerprint density at radius 3 is 1.73 bits per heavy atom. The van der Waals surface area contributed by atoms with Gasteiger partial charge in [0.25, 0.3) is 0 Å². The van der Waals surface area contributed by atoms with Crippen LogP contribution in [0.15, 0.2) is 66.7 Å². The van der Waals surface area contributed by atoms with Crippen LogP contribution < -0.4 is 25.1 Å². The van der Waals surface area contributed by atoms with Gasteiger partial charge in [0, 0.05) is 0 Å². The first-order valence-corrected chi connectivity index (χ1v) is 10.3. The second kappa shape index (κ2) is 7.38. The van der Waals surface area contributed by atoms with Crippen molar-refractivity contribution in [2.75, 3.05) is 26.4 Å². The van der Waals surface area contributed by atoms with E-state index in [2.05, 4.69) is 24.3 Å². The van der Waals surface area contributed by atoms with Gasteiger partial charge in [-0.15, -0.1) is 0 Å². The van der Waals surface area contributed by atoms with Gasteiger partial charge >= 0.3 is 6.92 Å². The molecule has 6 rings (SSSR count). The summed E-state index contributed by atoms with van der Waals surface area (Å²) in [5.74, 6) is 2.50. The van der Waals surface area contributed by atoms with E-state index < -0.39 is 0 Å². The molecule has 0 spiro atoms. The number of benzene rings is 3. The molecule has 3 aliphatic heterocycles. The molecule has 0 aliphatic carbocycles. The van der Waals surface area contributed by atoms with E-state index in [0.717, 1.165) is 52.5 Å². The standard InChI is InChI=1S/C24H21BO5/c1-2-4-16(5-3-1)30-25-23-10-17(26-12-19-14-28-19)6-8-21(23)22-9-7-18(11-24(22)25)27-13-20-15-29-20/h1-11,19-20H,12-15H2. The van der Waals surface area contributed by atoms with Crippen LogP contribution in [0.5, 0.6) is 17.2 Å². The molecule has 0 amide bonds. The lowest BCUT2D eigenvalue weighted by atomic mass is 9.58. The highest BCUT2D eigenvalue weighted by atomic mass is 16.6. The Kier molecular flexibility index (Phi) is 4.40. The largest absolute Gasteiger partial charge is 0.551 e. The van der Waals surface area contributed by atoms with Crippen LogP contribution in [0.3, 0.4) is 0 Å². The molecule has 3 aliphatic rings. The first kappa shape index (κ1) is 17.9. The van der Waals surface area contributed by atoms with E-state index in [-0.39, 0.29) is 19.1 Å². The number of para-hydroxylation sites is 1. The van der Waals surface area contributed by atoms with Crippen LogP contribution in [0.4, 0.5) is 0 Å². The van der Waals surface area contributed by atoms with Crippen molar-refractivity contribution in [1.29, 1.82) is 0 Å². The molecule has 3 aromatic carbocycles. The number of fused-ring (bicyclic) bond motifs is 3. The zero-order valence-corrected chi connectivity index (χ0v) is 16.5. The molecule has 0 aromatic heterocycles. The topological polar surface area (TPSA) is 52.8 Å². The highest BCUT2D eigenvalue weighted by Crippen LogP contribution is 2.29. The Morgan fingerprint density at radius 1 is 0.700 bits per heavy atom. The van der Waals surface area contributed by atoms with Gasteiger partial charge < -0.3 is 23.6 Å². The third-order valence-electron chi connectivity index (χ3n) is 5.57. The van der Waals surface area contributed by atoms with Gasteiger partial charge in [0.2, 0.25) is 0 Å². The molecule has 5 nitrogen and oxygen atoms in total. The minimum absolute atomic E-state index is 0.223. The van der Waals surface area contributed by atoms with Crippen molar-refractivity contribution in [2.45, 2.75) is 12.2 Å². The molecule has 3 aromatic rings. The van der Waals surface area contributed by atoms with Crippen LogP contribution >= 0.6 is 0 Å². The van der Waals surface area contributed by atoms with Crippen LogP contribution in [0.1, 0.15) is 0 Å². The van der Waals surface area contributed by atoms with E-state index >= 15 is 0 Å². The molecular formula is C24H21BO5. The van der Waals surface area contributed by atoms with Crippen LogP contribution in [0.2, 0.25) is 0 Å². The number of ether oxygens (including phenoxy) is 4. The van der Waals surface area contributed by atoms with Crippen molar-refractivity contribution >= 4 is 17.8 Å². The summed E-state index contributed by atoms with van der Waals surface area (Å²) in [6.45, 7) is 2.50. The monoisotopic (exact) mass is 400 g/mol. The summed E-state index contributed by atoms with van der Waals surface area (Å²) < 4.78 is 28.8. The normalized spacial score (nSPS) is 20.3. The van der Waals surface area contributed by atoms with Gasteiger partial charge in [0.05, 0.1) is 19.0 Å². The van der Waals surface area contributed by atoms with E-state index in [0.29, 0.717) is 13.2 Å². The Hall–Kier alpha value is -2.96. The number of rotatable bonds is 8. The first-order chi connectivity index (χ1) is 14.8. The second-order valence-corrected chi connectivity index (χ2v) is 7.84. The molecule has 2 unspecified atom stereocenters. The Labute approximate surface area is 175 Å². The van der Waals surface area contributed by atoms with E-state index in [1.54, 1.807) is 0 Å². The predicted octanol–water partition coefficient (Wildman–Crippen LogP) is 2.41. The molecule has 0 bridgehead atoms. The van der Waals surface area contributed by atoms with Gasteiger partial charge in [-0.25, -0.2) is 0 Å². The van der Waals surface area contributed by atoms with Gasteiger partial charge in [-0.05, 0) is 58.5 Å². The maximum Gasteiger partial charge on any atom is 0.428 e. The summed E-state index contributed by atoms with van der Waals surface area (Å²) in [6.07, 6.45) is 0.448. The molecule has 0 radical (unpaired) electrons. The minimum Gasteiger partial charge on any atom is -0.551 e. The maximum atomic E-state index is 6.45. The molecule has 0 N–H and O–H groups in total. The van der Waals surface area contributed by atoms with Gasteiger partial charge in [-0.1, -0.05) is 30.3 Å². The summed E-state index contributed by atoms with van der Waals surface area (Å²) in [6, 6.07) is 22.4. The van der Waals surface area contributed by atoms with Crippen molar-refractivity contribution in [3.63, 3.8) is 0 Å².